The molecule has 0 N–H and O–H groups in total. The molecule has 5 rings (SSSR count). The van der Waals surface area contributed by atoms with Crippen molar-refractivity contribution in [2.24, 2.45) is 9.98 Å². The lowest BCUT2D eigenvalue weighted by Gasteiger charge is -2.25. The van der Waals surface area contributed by atoms with Gasteiger partial charge >= 0.3 is 0 Å². The second-order valence-electron chi connectivity index (χ2n) is 8.83. The Kier molecular flexibility index (Phi) is 8.61. The zero-order chi connectivity index (χ0) is 28.4. The average molecular weight is 544 g/mol. The molecule has 8 nitrogen and oxygen atoms in total. The molecule has 0 radical (unpaired) electrons. The fraction of sp³-hybridized carbons (Fsp3) is 0.0909. The zero-order valence-electron chi connectivity index (χ0n) is 23.0. The zero-order valence-corrected chi connectivity index (χ0v) is 23.0. The molecule has 204 valence electrons. The van der Waals surface area contributed by atoms with Gasteiger partial charge in [0, 0.05) is 5.69 Å². The van der Waals surface area contributed by atoms with Gasteiger partial charge in [0.15, 0.2) is 0 Å². The predicted molar refractivity (Wildman–Crippen MR) is 164 cm³/mol. The first-order valence-electron chi connectivity index (χ1n) is 12.9. The standard InChI is InChI=1S/C33H29N5O3/c1-39-31-14-6-24(7-15-31)34-20-26-4-10-29(22-36-26)38(28-12-18-33(41-3)19-13-28)30-11-5-27(37-23-30)21-35-25-8-16-32(40-2)17-9-25/h4-23H,1-3H3. The van der Waals surface area contributed by atoms with E-state index < -0.39 is 0 Å². The second-order valence-corrected chi connectivity index (χ2v) is 8.83. The number of rotatable bonds is 10. The molecule has 0 amide bonds. The van der Waals surface area contributed by atoms with Gasteiger partial charge in [-0.2, -0.15) is 0 Å². The molecule has 0 aliphatic carbocycles. The summed E-state index contributed by atoms with van der Waals surface area (Å²) in [4.78, 5) is 20.4. The molecule has 0 spiro atoms. The number of pyridine rings is 2. The molecule has 5 aromatic rings. The van der Waals surface area contributed by atoms with Crippen LogP contribution in [-0.2, 0) is 0 Å². The molecule has 0 fully saturated rings. The molecule has 2 heterocycles. The number of hydrogen-bond donors (Lipinski definition) is 0. The average Bonchev–Trinajstić information content (AvgIpc) is 3.05. The molecule has 0 aliphatic heterocycles. The van der Waals surface area contributed by atoms with Crippen molar-refractivity contribution < 1.29 is 14.2 Å². The molecule has 3 aromatic carbocycles. The lowest BCUT2D eigenvalue weighted by molar-refractivity contribution is 0.414. The van der Waals surface area contributed by atoms with Crippen molar-refractivity contribution in [3.8, 4) is 17.2 Å². The number of benzene rings is 3. The van der Waals surface area contributed by atoms with E-state index in [-0.39, 0.29) is 0 Å². The largest absolute Gasteiger partial charge is 0.497 e. The first-order valence-corrected chi connectivity index (χ1v) is 12.9. The summed E-state index contributed by atoms with van der Waals surface area (Å²) in [6.07, 6.45) is 7.11. The van der Waals surface area contributed by atoms with E-state index in [1.807, 2.05) is 109 Å². The Morgan fingerprint density at radius 2 is 0.854 bits per heavy atom. The molecule has 0 atom stereocenters. The molecule has 41 heavy (non-hydrogen) atoms. The molecule has 0 unspecified atom stereocenters. The predicted octanol–water partition coefficient (Wildman–Crippen LogP) is 7.47. The first-order chi connectivity index (χ1) is 20.1. The number of aliphatic imine (C=N–C) groups is 2. The SMILES string of the molecule is COc1ccc(N=Cc2ccc(N(c3ccc(OC)cc3)c3ccc(C=Nc4ccc(OC)cc4)nc3)cn2)cc1. The number of aromatic nitrogens is 2. The summed E-state index contributed by atoms with van der Waals surface area (Å²) in [5.74, 6) is 2.36. The van der Waals surface area contributed by atoms with E-state index in [0.29, 0.717) is 0 Å². The van der Waals surface area contributed by atoms with Crippen molar-refractivity contribution in [2.75, 3.05) is 26.2 Å². The molecular formula is C33H29N5O3. The molecule has 0 bridgehead atoms. The van der Waals surface area contributed by atoms with E-state index in [2.05, 4.69) is 24.9 Å². The van der Waals surface area contributed by atoms with Gasteiger partial charge in [-0.1, -0.05) is 0 Å². The van der Waals surface area contributed by atoms with Crippen LogP contribution >= 0.6 is 0 Å². The third-order valence-electron chi connectivity index (χ3n) is 6.23. The highest BCUT2D eigenvalue weighted by atomic mass is 16.5. The fourth-order valence-corrected chi connectivity index (χ4v) is 4.01. The van der Waals surface area contributed by atoms with Crippen LogP contribution in [0.25, 0.3) is 0 Å². The van der Waals surface area contributed by atoms with Crippen LogP contribution in [0, 0.1) is 0 Å². The smallest absolute Gasteiger partial charge is 0.119 e. The maximum Gasteiger partial charge on any atom is 0.119 e. The normalized spacial score (nSPS) is 11.1. The summed E-state index contributed by atoms with van der Waals surface area (Å²) in [6, 6.07) is 30.8. The van der Waals surface area contributed by atoms with Gasteiger partial charge < -0.3 is 19.1 Å². The minimum atomic E-state index is 0.738. The topological polar surface area (TPSA) is 81.4 Å². The summed E-state index contributed by atoms with van der Waals surface area (Å²) in [5, 5.41) is 0. The van der Waals surface area contributed by atoms with Crippen molar-refractivity contribution >= 4 is 40.9 Å². The van der Waals surface area contributed by atoms with Gasteiger partial charge in [-0.15, -0.1) is 0 Å². The van der Waals surface area contributed by atoms with Crippen molar-refractivity contribution in [2.45, 2.75) is 0 Å². The van der Waals surface area contributed by atoms with E-state index in [1.54, 1.807) is 33.8 Å². The minimum Gasteiger partial charge on any atom is -0.497 e. The van der Waals surface area contributed by atoms with Crippen LogP contribution in [0.1, 0.15) is 11.4 Å². The minimum absolute atomic E-state index is 0.738. The lowest BCUT2D eigenvalue weighted by Crippen LogP contribution is -2.11. The van der Waals surface area contributed by atoms with E-state index in [9.17, 15) is 0 Å². The molecule has 0 saturated carbocycles. The molecule has 0 aliphatic rings. The van der Waals surface area contributed by atoms with Gasteiger partial charge in [0.1, 0.15) is 17.2 Å². The van der Waals surface area contributed by atoms with Crippen molar-refractivity contribution in [3.05, 3.63) is 121 Å². The third-order valence-corrected chi connectivity index (χ3v) is 6.23. The van der Waals surface area contributed by atoms with Crippen LogP contribution in [0.2, 0.25) is 0 Å². The second kappa shape index (κ2) is 13.0. The maximum atomic E-state index is 5.36. The first kappa shape index (κ1) is 27.1. The van der Waals surface area contributed by atoms with Crippen LogP contribution in [0.4, 0.5) is 28.4 Å². The highest BCUT2D eigenvalue weighted by Gasteiger charge is 2.14. The Morgan fingerprint density at radius 1 is 0.488 bits per heavy atom. The van der Waals surface area contributed by atoms with Gasteiger partial charge in [0.2, 0.25) is 0 Å². The summed E-state index contributed by atoms with van der Waals surface area (Å²) < 4.78 is 15.8. The third kappa shape index (κ3) is 6.93. The van der Waals surface area contributed by atoms with Gasteiger partial charge in [0.25, 0.3) is 0 Å². The van der Waals surface area contributed by atoms with E-state index in [4.69, 9.17) is 14.2 Å². The molecule has 8 heteroatoms. The highest BCUT2D eigenvalue weighted by molar-refractivity contribution is 5.83. The Bertz CT molecular complexity index is 1500. The van der Waals surface area contributed by atoms with Crippen LogP contribution in [0.5, 0.6) is 17.2 Å². The summed E-state index contributed by atoms with van der Waals surface area (Å²) >= 11 is 0. The quantitative estimate of drug-likeness (QED) is 0.170. The van der Waals surface area contributed by atoms with Crippen LogP contribution < -0.4 is 19.1 Å². The van der Waals surface area contributed by atoms with Gasteiger partial charge in [-0.25, -0.2) is 0 Å². The van der Waals surface area contributed by atoms with Crippen molar-refractivity contribution in [3.63, 3.8) is 0 Å². The van der Waals surface area contributed by atoms with Crippen molar-refractivity contribution in [1.29, 1.82) is 0 Å². The summed E-state index contributed by atoms with van der Waals surface area (Å²) in [6.45, 7) is 0. The maximum absolute atomic E-state index is 5.36. The van der Waals surface area contributed by atoms with Crippen LogP contribution in [-0.4, -0.2) is 43.7 Å². The van der Waals surface area contributed by atoms with Gasteiger partial charge in [0.05, 0.1) is 80.3 Å². The molecule has 2 aromatic heterocycles. The van der Waals surface area contributed by atoms with E-state index in [1.165, 1.54) is 0 Å². The van der Waals surface area contributed by atoms with Crippen LogP contribution in [0.3, 0.4) is 0 Å². The summed E-state index contributed by atoms with van der Waals surface area (Å²) in [5.41, 5.74) is 5.80. The molecular weight excluding hydrogens is 514 g/mol. The Hall–Kier alpha value is -5.50. The Labute approximate surface area is 239 Å². The number of hydrogen-bond acceptors (Lipinski definition) is 8. The molecule has 0 saturated heterocycles. The fourth-order valence-electron chi connectivity index (χ4n) is 4.01. The number of ether oxygens (including phenoxy) is 3. The van der Waals surface area contributed by atoms with E-state index >= 15 is 0 Å². The Balaban J connectivity index is 1.38. The van der Waals surface area contributed by atoms with Crippen molar-refractivity contribution in [1.82, 2.24) is 9.97 Å². The van der Waals surface area contributed by atoms with E-state index in [0.717, 1.165) is 57.1 Å². The highest BCUT2D eigenvalue weighted by Crippen LogP contribution is 2.34. The lowest BCUT2D eigenvalue weighted by atomic mass is 10.2. The number of nitrogens with zero attached hydrogens (tertiary/aromatic N) is 5. The van der Waals surface area contributed by atoms with Gasteiger partial charge in [-0.3, -0.25) is 20.0 Å². The summed E-state index contributed by atoms with van der Waals surface area (Å²) in [7, 11) is 4.93. The Morgan fingerprint density at radius 3 is 1.20 bits per heavy atom. The van der Waals surface area contributed by atoms with Crippen LogP contribution in [0.15, 0.2) is 119 Å². The number of methoxy groups -OCH3 is 3. The van der Waals surface area contributed by atoms with Gasteiger partial charge in [-0.05, 0) is 97.1 Å². The number of anilines is 3. The monoisotopic (exact) mass is 543 g/mol.